The van der Waals surface area contributed by atoms with Crippen LogP contribution < -0.4 is 11.3 Å². The summed E-state index contributed by atoms with van der Waals surface area (Å²) in [5.41, 5.74) is 6.42. The normalized spacial score (nSPS) is 11.8. The highest BCUT2D eigenvalue weighted by atomic mass is 35.5. The molecule has 0 saturated carbocycles. The molecule has 0 unspecified atom stereocenters. The molecule has 0 aromatic carbocycles. The van der Waals surface area contributed by atoms with E-state index in [1.165, 1.54) is 4.40 Å². The SMILES string of the molecule is Cc1cccn2c(=O)c(CC(C)(C)CC(N)=O)c(Cl)nc12. The number of nitrogens with zero attached hydrogens (tertiary/aromatic N) is 2. The smallest absolute Gasteiger partial charge is 0.262 e. The molecule has 0 bridgehead atoms. The van der Waals surface area contributed by atoms with Crippen molar-refractivity contribution in [3.05, 3.63) is 45.0 Å². The average molecular weight is 308 g/mol. The lowest BCUT2D eigenvalue weighted by molar-refractivity contribution is -0.119. The Morgan fingerprint density at radius 1 is 1.48 bits per heavy atom. The van der Waals surface area contributed by atoms with E-state index in [2.05, 4.69) is 4.98 Å². The first-order valence-electron chi connectivity index (χ1n) is 6.66. The van der Waals surface area contributed by atoms with Crippen LogP contribution in [0.5, 0.6) is 0 Å². The van der Waals surface area contributed by atoms with Crippen LogP contribution in [0.4, 0.5) is 0 Å². The van der Waals surface area contributed by atoms with Gasteiger partial charge in [0.1, 0.15) is 10.8 Å². The van der Waals surface area contributed by atoms with E-state index in [1.54, 1.807) is 12.3 Å². The molecule has 0 aliphatic carbocycles. The van der Waals surface area contributed by atoms with E-state index in [0.717, 1.165) is 5.56 Å². The largest absolute Gasteiger partial charge is 0.370 e. The molecule has 5 nitrogen and oxygen atoms in total. The molecule has 2 N–H and O–H groups in total. The Morgan fingerprint density at radius 2 is 2.14 bits per heavy atom. The van der Waals surface area contributed by atoms with Gasteiger partial charge in [0.05, 0.1) is 5.56 Å². The van der Waals surface area contributed by atoms with Gasteiger partial charge < -0.3 is 5.73 Å². The number of nitrogens with two attached hydrogens (primary N) is 1. The number of halogens is 1. The third-order valence-corrected chi connectivity index (χ3v) is 3.71. The van der Waals surface area contributed by atoms with Gasteiger partial charge >= 0.3 is 0 Å². The summed E-state index contributed by atoms with van der Waals surface area (Å²) in [4.78, 5) is 28.0. The molecule has 0 saturated heterocycles. The van der Waals surface area contributed by atoms with E-state index in [0.29, 0.717) is 17.6 Å². The number of carbonyl (C=O) groups is 1. The van der Waals surface area contributed by atoms with Gasteiger partial charge in [-0.1, -0.05) is 31.5 Å². The maximum absolute atomic E-state index is 12.6. The zero-order valence-electron chi connectivity index (χ0n) is 12.3. The first-order chi connectivity index (χ1) is 9.71. The number of carbonyl (C=O) groups excluding carboxylic acids is 1. The van der Waals surface area contributed by atoms with E-state index in [-0.39, 0.29) is 17.1 Å². The monoisotopic (exact) mass is 307 g/mol. The lowest BCUT2D eigenvalue weighted by Gasteiger charge is -2.23. The Labute approximate surface area is 127 Å². The highest BCUT2D eigenvalue weighted by Crippen LogP contribution is 2.27. The lowest BCUT2D eigenvalue weighted by Crippen LogP contribution is -2.29. The van der Waals surface area contributed by atoms with E-state index >= 15 is 0 Å². The van der Waals surface area contributed by atoms with Crippen LogP contribution in [0, 0.1) is 12.3 Å². The topological polar surface area (TPSA) is 77.5 Å². The van der Waals surface area contributed by atoms with Gasteiger partial charge in [-0.05, 0) is 30.4 Å². The van der Waals surface area contributed by atoms with Gasteiger partial charge in [0.15, 0.2) is 0 Å². The molecular formula is C15H18ClN3O2. The minimum Gasteiger partial charge on any atom is -0.370 e. The van der Waals surface area contributed by atoms with Crippen LogP contribution in [0.15, 0.2) is 23.1 Å². The highest BCUT2D eigenvalue weighted by Gasteiger charge is 2.25. The Hall–Kier alpha value is -1.88. The number of aromatic nitrogens is 2. The molecule has 2 heterocycles. The molecule has 6 heteroatoms. The molecule has 1 amide bonds. The molecule has 0 radical (unpaired) electrons. The summed E-state index contributed by atoms with van der Waals surface area (Å²) in [7, 11) is 0. The fraction of sp³-hybridized carbons (Fsp3) is 0.400. The summed E-state index contributed by atoms with van der Waals surface area (Å²) in [6.07, 6.45) is 2.19. The molecule has 21 heavy (non-hydrogen) atoms. The summed E-state index contributed by atoms with van der Waals surface area (Å²) in [6, 6.07) is 3.66. The third-order valence-electron chi connectivity index (χ3n) is 3.40. The first-order valence-corrected chi connectivity index (χ1v) is 7.04. The second kappa shape index (κ2) is 5.48. The molecule has 2 aromatic rings. The van der Waals surface area contributed by atoms with Crippen molar-refractivity contribution in [1.82, 2.24) is 9.38 Å². The third kappa shape index (κ3) is 3.24. The maximum atomic E-state index is 12.6. The van der Waals surface area contributed by atoms with E-state index < -0.39 is 11.3 Å². The number of amides is 1. The van der Waals surface area contributed by atoms with Crippen molar-refractivity contribution in [2.75, 3.05) is 0 Å². The molecule has 112 valence electrons. The molecule has 0 aliphatic heterocycles. The number of aryl methyl sites for hydroxylation is 1. The molecular weight excluding hydrogens is 290 g/mol. The van der Waals surface area contributed by atoms with Gasteiger partial charge in [-0.2, -0.15) is 0 Å². The Balaban J connectivity index is 2.56. The number of hydrogen-bond donors (Lipinski definition) is 1. The van der Waals surface area contributed by atoms with Crippen molar-refractivity contribution < 1.29 is 4.79 Å². The average Bonchev–Trinajstić information content (AvgIpc) is 2.34. The fourth-order valence-corrected chi connectivity index (χ4v) is 2.70. The number of rotatable bonds is 4. The minimum atomic E-state index is -0.450. The predicted molar refractivity (Wildman–Crippen MR) is 82.5 cm³/mol. The summed E-state index contributed by atoms with van der Waals surface area (Å²) >= 11 is 6.18. The zero-order valence-corrected chi connectivity index (χ0v) is 13.1. The van der Waals surface area contributed by atoms with Crippen LogP contribution in [0.25, 0.3) is 5.65 Å². The van der Waals surface area contributed by atoms with Crippen LogP contribution in [0.2, 0.25) is 5.15 Å². The van der Waals surface area contributed by atoms with Gasteiger partial charge in [-0.25, -0.2) is 4.98 Å². The zero-order chi connectivity index (χ0) is 15.8. The van der Waals surface area contributed by atoms with Crippen molar-refractivity contribution in [1.29, 1.82) is 0 Å². The molecule has 2 aromatic heterocycles. The second-order valence-electron chi connectivity index (χ2n) is 6.06. The molecule has 0 aliphatic rings. The molecule has 2 rings (SSSR count). The van der Waals surface area contributed by atoms with E-state index in [4.69, 9.17) is 17.3 Å². The van der Waals surface area contributed by atoms with E-state index in [9.17, 15) is 9.59 Å². The van der Waals surface area contributed by atoms with Gasteiger partial charge in [-0.15, -0.1) is 0 Å². The summed E-state index contributed by atoms with van der Waals surface area (Å²) in [6.45, 7) is 5.62. The van der Waals surface area contributed by atoms with Crippen molar-refractivity contribution >= 4 is 23.2 Å². The summed E-state index contributed by atoms with van der Waals surface area (Å²) < 4.78 is 1.48. The highest BCUT2D eigenvalue weighted by molar-refractivity contribution is 6.30. The van der Waals surface area contributed by atoms with Crippen molar-refractivity contribution in [2.45, 2.75) is 33.6 Å². The summed E-state index contributed by atoms with van der Waals surface area (Å²) in [5.74, 6) is -0.402. The van der Waals surface area contributed by atoms with Gasteiger partial charge in [0.25, 0.3) is 5.56 Å². The van der Waals surface area contributed by atoms with Crippen LogP contribution in [-0.4, -0.2) is 15.3 Å². The van der Waals surface area contributed by atoms with Gasteiger partial charge in [-0.3, -0.25) is 14.0 Å². The first kappa shape index (κ1) is 15.5. The van der Waals surface area contributed by atoms with Crippen molar-refractivity contribution in [3.8, 4) is 0 Å². The second-order valence-corrected chi connectivity index (χ2v) is 6.41. The van der Waals surface area contributed by atoms with Gasteiger partial charge in [0, 0.05) is 12.6 Å². The van der Waals surface area contributed by atoms with E-state index in [1.807, 2.05) is 26.8 Å². The number of primary amides is 1. The Bertz CT molecular complexity index is 765. The molecule has 0 spiro atoms. The molecule has 0 fully saturated rings. The maximum Gasteiger partial charge on any atom is 0.262 e. The van der Waals surface area contributed by atoms with Crippen molar-refractivity contribution in [2.24, 2.45) is 11.1 Å². The fourth-order valence-electron chi connectivity index (χ4n) is 2.47. The standard InChI is InChI=1S/C15H18ClN3O2/c1-9-5-4-6-19-13(9)18-12(16)10(14(19)21)7-15(2,3)8-11(17)20/h4-6H,7-8H2,1-3H3,(H2,17,20). The van der Waals surface area contributed by atoms with Gasteiger partial charge in [0.2, 0.25) is 5.91 Å². The number of pyridine rings is 1. The number of hydrogen-bond acceptors (Lipinski definition) is 3. The predicted octanol–water partition coefficient (Wildman–Crippen LogP) is 2.10. The molecule has 0 atom stereocenters. The van der Waals surface area contributed by atoms with Crippen LogP contribution >= 0.6 is 11.6 Å². The minimum absolute atomic E-state index is 0.180. The Kier molecular flexibility index (Phi) is 4.05. The number of fused-ring (bicyclic) bond motifs is 1. The quantitative estimate of drug-likeness (QED) is 0.879. The van der Waals surface area contributed by atoms with Crippen molar-refractivity contribution in [3.63, 3.8) is 0 Å². The lowest BCUT2D eigenvalue weighted by atomic mass is 9.83. The summed E-state index contributed by atoms with van der Waals surface area (Å²) in [5, 5.41) is 0.187. The van der Waals surface area contributed by atoms with Crippen LogP contribution in [0.3, 0.4) is 0 Å². The van der Waals surface area contributed by atoms with Crippen LogP contribution in [0.1, 0.15) is 31.4 Å². The Morgan fingerprint density at radius 3 is 2.76 bits per heavy atom. The van der Waals surface area contributed by atoms with Crippen LogP contribution in [-0.2, 0) is 11.2 Å².